The van der Waals surface area contributed by atoms with Crippen molar-refractivity contribution in [2.45, 2.75) is 12.8 Å². The molecular weight excluding hydrogens is 306 g/mol. The second kappa shape index (κ2) is 8.82. The average molecular weight is 329 g/mol. The van der Waals surface area contributed by atoms with Gasteiger partial charge < -0.3 is 19.5 Å². The van der Waals surface area contributed by atoms with Crippen molar-refractivity contribution in [2.24, 2.45) is 0 Å². The van der Waals surface area contributed by atoms with Gasteiger partial charge in [0.25, 0.3) is 5.91 Å². The van der Waals surface area contributed by atoms with Gasteiger partial charge in [-0.15, -0.1) is 0 Å². The van der Waals surface area contributed by atoms with Gasteiger partial charge in [-0.3, -0.25) is 4.79 Å². The molecule has 0 aromatic heterocycles. The van der Waals surface area contributed by atoms with E-state index in [1.165, 1.54) is 0 Å². The first-order chi connectivity index (χ1) is 11.7. The van der Waals surface area contributed by atoms with Crippen molar-refractivity contribution >= 4 is 5.91 Å². The molecule has 1 amide bonds. The molecule has 0 unspecified atom stereocenters. The Hall–Kier alpha value is -2.69. The van der Waals surface area contributed by atoms with Gasteiger partial charge in [0.1, 0.15) is 5.75 Å². The summed E-state index contributed by atoms with van der Waals surface area (Å²) in [6, 6.07) is 13.0. The first-order valence-corrected chi connectivity index (χ1v) is 7.84. The molecule has 0 spiro atoms. The van der Waals surface area contributed by atoms with Crippen LogP contribution in [0.5, 0.6) is 17.2 Å². The third kappa shape index (κ3) is 4.41. The van der Waals surface area contributed by atoms with Crippen LogP contribution in [0.2, 0.25) is 0 Å². The predicted molar refractivity (Wildman–Crippen MR) is 93.2 cm³/mol. The Morgan fingerprint density at radius 1 is 1.00 bits per heavy atom. The molecule has 2 rings (SSSR count). The number of hydrogen-bond acceptors (Lipinski definition) is 4. The van der Waals surface area contributed by atoms with E-state index in [2.05, 4.69) is 5.32 Å². The molecule has 0 aliphatic heterocycles. The number of hydrogen-bond donors (Lipinski definition) is 1. The summed E-state index contributed by atoms with van der Waals surface area (Å²) in [6.45, 7) is 0.549. The van der Waals surface area contributed by atoms with E-state index in [4.69, 9.17) is 14.2 Å². The number of nitrogens with one attached hydrogen (secondary N) is 1. The molecule has 0 radical (unpaired) electrons. The van der Waals surface area contributed by atoms with Gasteiger partial charge in [-0.1, -0.05) is 12.1 Å². The zero-order valence-corrected chi connectivity index (χ0v) is 14.3. The summed E-state index contributed by atoms with van der Waals surface area (Å²) in [6.07, 6.45) is 1.55. The number of aryl methyl sites for hydroxylation is 1. The molecular formula is C19H23NO4. The fourth-order valence-electron chi connectivity index (χ4n) is 2.44. The van der Waals surface area contributed by atoms with Crippen molar-refractivity contribution in [3.63, 3.8) is 0 Å². The first-order valence-electron chi connectivity index (χ1n) is 7.84. The zero-order valence-electron chi connectivity index (χ0n) is 14.3. The van der Waals surface area contributed by atoms with E-state index in [0.29, 0.717) is 12.2 Å². The number of methoxy groups -OCH3 is 2. The van der Waals surface area contributed by atoms with Crippen LogP contribution in [-0.2, 0) is 6.42 Å². The summed E-state index contributed by atoms with van der Waals surface area (Å²) in [5.74, 6) is 2.12. The monoisotopic (exact) mass is 329 g/mol. The van der Waals surface area contributed by atoms with Crippen LogP contribution in [0.4, 0.5) is 0 Å². The fourth-order valence-corrected chi connectivity index (χ4v) is 2.44. The highest BCUT2D eigenvalue weighted by Gasteiger charge is 2.09. The summed E-state index contributed by atoms with van der Waals surface area (Å²) in [4.78, 5) is 11.8. The van der Waals surface area contributed by atoms with Crippen LogP contribution in [0.15, 0.2) is 42.5 Å². The first kappa shape index (κ1) is 17.7. The summed E-state index contributed by atoms with van der Waals surface area (Å²) < 4.78 is 16.4. The van der Waals surface area contributed by atoms with E-state index in [1.807, 2.05) is 36.4 Å². The molecule has 2 aromatic rings. The summed E-state index contributed by atoms with van der Waals surface area (Å²) >= 11 is 0. The Bertz CT molecular complexity index is 685. The molecule has 0 aliphatic carbocycles. The van der Waals surface area contributed by atoms with Crippen molar-refractivity contribution in [3.8, 4) is 17.2 Å². The van der Waals surface area contributed by atoms with Gasteiger partial charge >= 0.3 is 0 Å². The van der Waals surface area contributed by atoms with Crippen LogP contribution in [0.1, 0.15) is 22.3 Å². The molecule has 0 fully saturated rings. The van der Waals surface area contributed by atoms with E-state index < -0.39 is 0 Å². The standard InChI is InChI=1S/C19H23NO4/c1-20-19(21)15-10-11-16(22-2)14(13-15)7-6-12-24-18-9-5-4-8-17(18)23-3/h4-5,8-11,13H,6-7,12H2,1-3H3,(H,20,21). The number of carbonyl (C=O) groups excluding carboxylic acids is 1. The van der Waals surface area contributed by atoms with Gasteiger partial charge in [0.2, 0.25) is 0 Å². The van der Waals surface area contributed by atoms with Crippen molar-refractivity contribution in [3.05, 3.63) is 53.6 Å². The second-order valence-electron chi connectivity index (χ2n) is 5.21. The topological polar surface area (TPSA) is 56.8 Å². The Balaban J connectivity index is 1.97. The van der Waals surface area contributed by atoms with Crippen LogP contribution in [0.25, 0.3) is 0 Å². The zero-order chi connectivity index (χ0) is 17.4. The van der Waals surface area contributed by atoms with E-state index >= 15 is 0 Å². The number of benzene rings is 2. The maximum atomic E-state index is 11.8. The number of para-hydroxylation sites is 2. The predicted octanol–water partition coefficient (Wildman–Crippen LogP) is 3.08. The molecule has 1 N–H and O–H groups in total. The van der Waals surface area contributed by atoms with Crippen LogP contribution < -0.4 is 19.5 Å². The summed E-state index contributed by atoms with van der Waals surface area (Å²) in [5, 5.41) is 2.63. The minimum atomic E-state index is -0.107. The molecule has 5 nitrogen and oxygen atoms in total. The van der Waals surface area contributed by atoms with Gasteiger partial charge in [-0.2, -0.15) is 0 Å². The minimum Gasteiger partial charge on any atom is -0.496 e. The number of amides is 1. The normalized spacial score (nSPS) is 10.1. The van der Waals surface area contributed by atoms with E-state index in [1.54, 1.807) is 27.3 Å². The van der Waals surface area contributed by atoms with Gasteiger partial charge in [-0.05, 0) is 48.7 Å². The lowest BCUT2D eigenvalue weighted by atomic mass is 10.0. The maximum absolute atomic E-state index is 11.8. The Morgan fingerprint density at radius 2 is 1.71 bits per heavy atom. The highest BCUT2D eigenvalue weighted by molar-refractivity contribution is 5.94. The van der Waals surface area contributed by atoms with Crippen molar-refractivity contribution in [1.29, 1.82) is 0 Å². The lowest BCUT2D eigenvalue weighted by molar-refractivity contribution is 0.0963. The van der Waals surface area contributed by atoms with E-state index in [9.17, 15) is 4.79 Å². The highest BCUT2D eigenvalue weighted by atomic mass is 16.5. The molecule has 0 bridgehead atoms. The maximum Gasteiger partial charge on any atom is 0.251 e. The summed E-state index contributed by atoms with van der Waals surface area (Å²) in [7, 11) is 4.87. The highest BCUT2D eigenvalue weighted by Crippen LogP contribution is 2.26. The molecule has 0 saturated carbocycles. The SMILES string of the molecule is CNC(=O)c1ccc(OC)c(CCCOc2ccccc2OC)c1. The number of ether oxygens (including phenoxy) is 3. The lowest BCUT2D eigenvalue weighted by Gasteiger charge is -2.12. The van der Waals surface area contributed by atoms with Crippen molar-refractivity contribution in [1.82, 2.24) is 5.32 Å². The fraction of sp³-hybridized carbons (Fsp3) is 0.316. The largest absolute Gasteiger partial charge is 0.496 e. The second-order valence-corrected chi connectivity index (χ2v) is 5.21. The van der Waals surface area contributed by atoms with E-state index in [0.717, 1.165) is 35.7 Å². The number of carbonyl (C=O) groups is 1. The quantitative estimate of drug-likeness (QED) is 0.756. The Morgan fingerprint density at radius 3 is 2.38 bits per heavy atom. The molecule has 0 aliphatic rings. The molecule has 2 aromatic carbocycles. The van der Waals surface area contributed by atoms with Crippen LogP contribution >= 0.6 is 0 Å². The number of rotatable bonds is 8. The van der Waals surface area contributed by atoms with Crippen molar-refractivity contribution in [2.75, 3.05) is 27.9 Å². The smallest absolute Gasteiger partial charge is 0.251 e. The minimum absolute atomic E-state index is 0.107. The third-order valence-corrected chi connectivity index (χ3v) is 3.69. The molecule has 0 atom stereocenters. The molecule has 5 heteroatoms. The molecule has 0 saturated heterocycles. The van der Waals surface area contributed by atoms with Gasteiger partial charge in [-0.25, -0.2) is 0 Å². The van der Waals surface area contributed by atoms with Crippen LogP contribution in [0.3, 0.4) is 0 Å². The average Bonchev–Trinajstić information content (AvgIpc) is 2.64. The molecule has 24 heavy (non-hydrogen) atoms. The van der Waals surface area contributed by atoms with Crippen molar-refractivity contribution < 1.29 is 19.0 Å². The van der Waals surface area contributed by atoms with E-state index in [-0.39, 0.29) is 5.91 Å². The molecule has 0 heterocycles. The van der Waals surface area contributed by atoms with Gasteiger partial charge in [0.05, 0.1) is 20.8 Å². The Kier molecular flexibility index (Phi) is 6.49. The van der Waals surface area contributed by atoms with Gasteiger partial charge in [0, 0.05) is 12.6 Å². The van der Waals surface area contributed by atoms with Crippen LogP contribution in [-0.4, -0.2) is 33.8 Å². The summed E-state index contributed by atoms with van der Waals surface area (Å²) in [5.41, 5.74) is 1.61. The van der Waals surface area contributed by atoms with Gasteiger partial charge in [0.15, 0.2) is 11.5 Å². The Labute approximate surface area is 142 Å². The molecule has 128 valence electrons. The lowest BCUT2D eigenvalue weighted by Crippen LogP contribution is -2.18. The van der Waals surface area contributed by atoms with Crippen LogP contribution in [0, 0.1) is 0 Å². The third-order valence-electron chi connectivity index (χ3n) is 3.69.